The van der Waals surface area contributed by atoms with E-state index >= 15 is 0 Å². The number of benzene rings is 1. The van der Waals surface area contributed by atoms with Crippen molar-refractivity contribution in [1.29, 1.82) is 0 Å². The molecule has 0 unspecified atom stereocenters. The van der Waals surface area contributed by atoms with E-state index in [2.05, 4.69) is 31.0 Å². The number of aromatic nitrogens is 1. The summed E-state index contributed by atoms with van der Waals surface area (Å²) in [6.07, 6.45) is 1.97. The molecule has 2 aromatic rings. The zero-order chi connectivity index (χ0) is 15.4. The lowest BCUT2D eigenvalue weighted by Crippen LogP contribution is -1.99. The van der Waals surface area contributed by atoms with Gasteiger partial charge in [0.05, 0.1) is 13.7 Å². The molecule has 0 saturated carbocycles. The van der Waals surface area contributed by atoms with Gasteiger partial charge in [0.15, 0.2) is 0 Å². The lowest BCUT2D eigenvalue weighted by Gasteiger charge is -2.17. The number of aryl methyl sites for hydroxylation is 1. The van der Waals surface area contributed by atoms with Crippen molar-refractivity contribution >= 4 is 0 Å². The van der Waals surface area contributed by atoms with E-state index in [4.69, 9.17) is 9.47 Å². The molecular formula is C18H23NO2. The highest BCUT2D eigenvalue weighted by atomic mass is 16.5. The van der Waals surface area contributed by atoms with Gasteiger partial charge in [-0.1, -0.05) is 19.9 Å². The number of nitrogens with zero attached hydrogens (tertiary/aromatic N) is 1. The third-order valence-electron chi connectivity index (χ3n) is 3.56. The summed E-state index contributed by atoms with van der Waals surface area (Å²) in [4.78, 5) is 4.44. The molecule has 0 N–H and O–H groups in total. The molecule has 1 aromatic heterocycles. The topological polar surface area (TPSA) is 31.4 Å². The maximum atomic E-state index is 5.55. The van der Waals surface area contributed by atoms with Gasteiger partial charge in [-0.2, -0.15) is 0 Å². The Bertz CT molecular complexity index is 621. The van der Waals surface area contributed by atoms with Crippen LogP contribution in [0.4, 0.5) is 0 Å². The van der Waals surface area contributed by atoms with Crippen LogP contribution in [0, 0.1) is 6.92 Å². The summed E-state index contributed by atoms with van der Waals surface area (Å²) in [6, 6.07) is 8.31. The Hall–Kier alpha value is -1.87. The molecule has 0 bridgehead atoms. The summed E-state index contributed by atoms with van der Waals surface area (Å²) in [5.74, 6) is 1.28. The lowest BCUT2D eigenvalue weighted by molar-refractivity contribution is 0.185. The fourth-order valence-corrected chi connectivity index (χ4v) is 2.49. The van der Waals surface area contributed by atoms with E-state index in [0.717, 1.165) is 22.6 Å². The molecule has 3 nitrogen and oxygen atoms in total. The van der Waals surface area contributed by atoms with Gasteiger partial charge in [0.2, 0.25) is 0 Å². The van der Waals surface area contributed by atoms with E-state index < -0.39 is 0 Å². The highest BCUT2D eigenvalue weighted by Crippen LogP contribution is 2.36. The largest absolute Gasteiger partial charge is 0.496 e. The third kappa shape index (κ3) is 3.42. The number of pyridine rings is 1. The molecule has 0 fully saturated rings. The van der Waals surface area contributed by atoms with Crippen molar-refractivity contribution in [3.63, 3.8) is 0 Å². The molecule has 0 spiro atoms. The second-order valence-corrected chi connectivity index (χ2v) is 5.54. The summed E-state index contributed by atoms with van der Waals surface area (Å²) >= 11 is 0. The molecule has 0 amide bonds. The zero-order valence-electron chi connectivity index (χ0n) is 13.4. The van der Waals surface area contributed by atoms with Crippen LogP contribution in [-0.4, -0.2) is 19.2 Å². The highest BCUT2D eigenvalue weighted by Gasteiger charge is 2.14. The summed E-state index contributed by atoms with van der Waals surface area (Å²) in [7, 11) is 3.41. The number of rotatable bonds is 5. The van der Waals surface area contributed by atoms with E-state index in [-0.39, 0.29) is 0 Å². The molecular weight excluding hydrogens is 262 g/mol. The number of hydrogen-bond donors (Lipinski definition) is 0. The molecule has 0 atom stereocenters. The standard InChI is InChI=1S/C18H23NO2/c1-12(2)17-10-19-13(3)8-15(17)16-9-14(11-20-4)6-7-18(16)21-5/h6-10,12H,11H2,1-5H3. The van der Waals surface area contributed by atoms with Gasteiger partial charge in [-0.25, -0.2) is 0 Å². The van der Waals surface area contributed by atoms with Crippen LogP contribution in [0.3, 0.4) is 0 Å². The van der Waals surface area contributed by atoms with Gasteiger partial charge in [-0.15, -0.1) is 0 Å². The Morgan fingerprint density at radius 1 is 1.10 bits per heavy atom. The van der Waals surface area contributed by atoms with Crippen LogP contribution >= 0.6 is 0 Å². The van der Waals surface area contributed by atoms with Crippen LogP contribution in [0.5, 0.6) is 5.75 Å². The Labute approximate surface area is 126 Å². The fourth-order valence-electron chi connectivity index (χ4n) is 2.49. The molecule has 0 aliphatic heterocycles. The van der Waals surface area contributed by atoms with Gasteiger partial charge in [0.1, 0.15) is 5.75 Å². The second kappa shape index (κ2) is 6.72. The Morgan fingerprint density at radius 2 is 1.86 bits per heavy atom. The summed E-state index contributed by atoms with van der Waals surface area (Å²) < 4.78 is 10.8. The monoisotopic (exact) mass is 285 g/mol. The van der Waals surface area contributed by atoms with Crippen LogP contribution in [-0.2, 0) is 11.3 Å². The number of hydrogen-bond acceptors (Lipinski definition) is 3. The predicted molar refractivity (Wildman–Crippen MR) is 85.8 cm³/mol. The van der Waals surface area contributed by atoms with Gasteiger partial charge in [0.25, 0.3) is 0 Å². The zero-order valence-corrected chi connectivity index (χ0v) is 13.4. The minimum Gasteiger partial charge on any atom is -0.496 e. The molecule has 1 aromatic carbocycles. The van der Waals surface area contributed by atoms with Crippen molar-refractivity contribution in [3.05, 3.63) is 47.3 Å². The van der Waals surface area contributed by atoms with E-state index in [0.29, 0.717) is 12.5 Å². The highest BCUT2D eigenvalue weighted by molar-refractivity contribution is 5.74. The van der Waals surface area contributed by atoms with Crippen LogP contribution in [0.25, 0.3) is 11.1 Å². The maximum Gasteiger partial charge on any atom is 0.126 e. The van der Waals surface area contributed by atoms with Crippen LogP contribution in [0.15, 0.2) is 30.5 Å². The lowest BCUT2D eigenvalue weighted by atomic mass is 9.92. The van der Waals surface area contributed by atoms with Gasteiger partial charge in [-0.3, -0.25) is 4.98 Å². The van der Waals surface area contributed by atoms with Crippen molar-refractivity contribution in [1.82, 2.24) is 4.98 Å². The fraction of sp³-hybridized carbons (Fsp3) is 0.389. The SMILES string of the molecule is COCc1ccc(OC)c(-c2cc(C)ncc2C(C)C)c1. The molecule has 2 rings (SSSR count). The molecule has 112 valence electrons. The third-order valence-corrected chi connectivity index (χ3v) is 3.56. The van der Waals surface area contributed by atoms with Crippen molar-refractivity contribution in [2.45, 2.75) is 33.3 Å². The second-order valence-electron chi connectivity index (χ2n) is 5.54. The minimum atomic E-state index is 0.406. The molecule has 1 heterocycles. The molecule has 0 radical (unpaired) electrons. The van der Waals surface area contributed by atoms with Crippen LogP contribution in [0.1, 0.15) is 36.6 Å². The van der Waals surface area contributed by atoms with Crippen molar-refractivity contribution in [3.8, 4) is 16.9 Å². The summed E-state index contributed by atoms with van der Waals surface area (Å²) in [5.41, 5.74) is 5.66. The first-order chi connectivity index (χ1) is 10.1. The van der Waals surface area contributed by atoms with Crippen LogP contribution < -0.4 is 4.74 Å². The Balaban J connectivity index is 2.64. The molecule has 0 aliphatic carbocycles. The van der Waals surface area contributed by atoms with Crippen LogP contribution in [0.2, 0.25) is 0 Å². The van der Waals surface area contributed by atoms with E-state index in [1.165, 1.54) is 11.1 Å². The minimum absolute atomic E-state index is 0.406. The summed E-state index contributed by atoms with van der Waals surface area (Å²) in [5, 5.41) is 0. The van der Waals surface area contributed by atoms with Crippen molar-refractivity contribution in [2.75, 3.05) is 14.2 Å². The predicted octanol–water partition coefficient (Wildman–Crippen LogP) is 4.34. The van der Waals surface area contributed by atoms with Gasteiger partial charge in [0, 0.05) is 24.6 Å². The van der Waals surface area contributed by atoms with Gasteiger partial charge in [-0.05, 0) is 47.7 Å². The molecule has 0 saturated heterocycles. The first kappa shape index (κ1) is 15.5. The van der Waals surface area contributed by atoms with E-state index in [1.807, 2.05) is 25.3 Å². The molecule has 3 heteroatoms. The number of ether oxygens (including phenoxy) is 2. The quantitative estimate of drug-likeness (QED) is 0.819. The van der Waals surface area contributed by atoms with E-state index in [1.54, 1.807) is 14.2 Å². The Kier molecular flexibility index (Phi) is 4.97. The molecule has 21 heavy (non-hydrogen) atoms. The van der Waals surface area contributed by atoms with Gasteiger partial charge >= 0.3 is 0 Å². The normalized spacial score (nSPS) is 11.0. The summed E-state index contributed by atoms with van der Waals surface area (Å²) in [6.45, 7) is 6.97. The average molecular weight is 285 g/mol. The smallest absolute Gasteiger partial charge is 0.126 e. The number of methoxy groups -OCH3 is 2. The first-order valence-electron chi connectivity index (χ1n) is 7.19. The maximum absolute atomic E-state index is 5.55. The van der Waals surface area contributed by atoms with Crippen molar-refractivity contribution < 1.29 is 9.47 Å². The average Bonchev–Trinajstić information content (AvgIpc) is 2.47. The van der Waals surface area contributed by atoms with E-state index in [9.17, 15) is 0 Å². The first-order valence-corrected chi connectivity index (χ1v) is 7.19. The van der Waals surface area contributed by atoms with Crippen molar-refractivity contribution in [2.24, 2.45) is 0 Å². The van der Waals surface area contributed by atoms with Gasteiger partial charge < -0.3 is 9.47 Å². The molecule has 0 aliphatic rings. The Morgan fingerprint density at radius 3 is 2.48 bits per heavy atom.